The number of nitrogens with one attached hydrogen (secondary N) is 1. The van der Waals surface area contributed by atoms with Crippen LogP contribution in [0.1, 0.15) is 11.6 Å². The molecule has 3 N–H and O–H groups in total. The molecule has 0 radical (unpaired) electrons. The van der Waals surface area contributed by atoms with Crippen molar-refractivity contribution in [1.29, 1.82) is 0 Å². The lowest BCUT2D eigenvalue weighted by atomic mass is 10.2. The Morgan fingerprint density at radius 2 is 1.94 bits per heavy atom. The van der Waals surface area contributed by atoms with Crippen molar-refractivity contribution >= 4 is 49.0 Å². The zero-order valence-corrected chi connectivity index (χ0v) is 18.4. The zero-order valence-electron chi connectivity index (χ0n) is 17.5. The second-order valence-corrected chi connectivity index (χ2v) is 7.82. The fourth-order valence-electron chi connectivity index (χ4n) is 2.90. The Morgan fingerprint density at radius 1 is 1.15 bits per heavy atom. The summed E-state index contributed by atoms with van der Waals surface area (Å²) in [6.45, 7) is 0. The topological polar surface area (TPSA) is 148 Å². The van der Waals surface area contributed by atoms with Crippen LogP contribution in [0.5, 0.6) is 5.75 Å². The highest BCUT2D eigenvalue weighted by atomic mass is 31.2. The Labute approximate surface area is 193 Å². The summed E-state index contributed by atoms with van der Waals surface area (Å²) in [5.41, 5.74) is 1.04. The average molecular weight is 485 g/mol. The molecule has 0 saturated carbocycles. The van der Waals surface area contributed by atoms with Crippen LogP contribution in [0.4, 0.5) is 21.8 Å². The molecule has 11 nitrogen and oxygen atoms in total. The third kappa shape index (κ3) is 5.50. The molecule has 13 heteroatoms. The van der Waals surface area contributed by atoms with E-state index in [0.29, 0.717) is 28.2 Å². The smallest absolute Gasteiger partial charge is 0.426 e. The first-order valence-electron chi connectivity index (χ1n) is 9.61. The van der Waals surface area contributed by atoms with E-state index in [-0.39, 0.29) is 17.5 Å². The summed E-state index contributed by atoms with van der Waals surface area (Å²) in [6.07, 6.45) is 2.99. The number of benzene rings is 2. The summed E-state index contributed by atoms with van der Waals surface area (Å²) in [5, 5.41) is 14.5. The van der Waals surface area contributed by atoms with Gasteiger partial charge in [0.2, 0.25) is 0 Å². The van der Waals surface area contributed by atoms with E-state index in [4.69, 9.17) is 19.4 Å². The third-order valence-corrected chi connectivity index (χ3v) is 5.23. The zero-order chi connectivity index (χ0) is 24.1. The third-order valence-electron chi connectivity index (χ3n) is 4.40. The summed E-state index contributed by atoms with van der Waals surface area (Å²) in [4.78, 5) is 19.0. The summed E-state index contributed by atoms with van der Waals surface area (Å²) >= 11 is 0. The number of aromatic nitrogens is 2. The van der Waals surface area contributed by atoms with Crippen molar-refractivity contribution in [3.63, 3.8) is 0 Å². The van der Waals surface area contributed by atoms with Gasteiger partial charge in [0.25, 0.3) is 0 Å². The largest absolute Gasteiger partial charge is 0.433 e. The quantitative estimate of drug-likeness (QED) is 0.181. The first-order valence-corrected chi connectivity index (χ1v) is 10.7. The molecule has 0 amide bonds. The molecule has 34 heavy (non-hydrogen) atoms. The van der Waals surface area contributed by atoms with Gasteiger partial charge in [0, 0.05) is 24.2 Å². The van der Waals surface area contributed by atoms with Crippen LogP contribution < -0.4 is 15.7 Å². The van der Waals surface area contributed by atoms with Gasteiger partial charge in [-0.05, 0) is 54.6 Å². The number of halogens is 1. The first kappa shape index (κ1) is 23.2. The molecule has 2 aromatic heterocycles. The minimum Gasteiger partial charge on any atom is -0.426 e. The van der Waals surface area contributed by atoms with E-state index in [1.165, 1.54) is 43.5 Å². The van der Waals surface area contributed by atoms with Crippen LogP contribution in [0.3, 0.4) is 0 Å². The number of nitro groups is 1. The monoisotopic (exact) mass is 485 g/mol. The van der Waals surface area contributed by atoms with Gasteiger partial charge in [-0.15, -0.1) is 0 Å². The summed E-state index contributed by atoms with van der Waals surface area (Å²) in [7, 11) is -0.285. The number of nitrogens with two attached hydrogens (primary N) is 1. The number of furan rings is 1. The highest BCUT2D eigenvalue weighted by Gasteiger charge is 2.13. The predicted octanol–water partition coefficient (Wildman–Crippen LogP) is 5.33. The fourth-order valence-corrected chi connectivity index (χ4v) is 3.40. The Balaban J connectivity index is 1.62. The van der Waals surface area contributed by atoms with Gasteiger partial charge in [-0.25, -0.2) is 24.9 Å². The maximum absolute atomic E-state index is 13.8. The number of hydrogen-bond donors (Lipinski definition) is 2. The molecular formula is C21H17FN5O6P. The molecule has 4 rings (SSSR count). The molecule has 4 aromatic rings. The van der Waals surface area contributed by atoms with Crippen LogP contribution >= 0.6 is 8.60 Å². The van der Waals surface area contributed by atoms with E-state index in [1.54, 1.807) is 30.3 Å². The first-order chi connectivity index (χ1) is 16.4. The average Bonchev–Trinajstić information content (AvgIpc) is 3.31. The summed E-state index contributed by atoms with van der Waals surface area (Å²) < 4.78 is 33.9. The number of anilines is 2. The van der Waals surface area contributed by atoms with Gasteiger partial charge in [-0.3, -0.25) is 10.1 Å². The van der Waals surface area contributed by atoms with Gasteiger partial charge in [0.05, 0.1) is 11.6 Å². The molecule has 0 spiro atoms. The highest BCUT2D eigenvalue weighted by Crippen LogP contribution is 2.38. The van der Waals surface area contributed by atoms with Crippen molar-refractivity contribution in [3.8, 4) is 5.75 Å². The Kier molecular flexibility index (Phi) is 7.04. The molecule has 1 atom stereocenters. The van der Waals surface area contributed by atoms with Crippen molar-refractivity contribution in [2.45, 2.75) is 0 Å². The lowest BCUT2D eigenvalue weighted by Crippen LogP contribution is -2.01. The van der Waals surface area contributed by atoms with Crippen molar-refractivity contribution in [2.75, 3.05) is 12.4 Å². The SMILES string of the molecule is COP(ON)Oc1ccc(Nc2nc(/C=C/c3ccc([N+](=O)[O-])o3)nc3cc(F)ccc23)cc1. The van der Waals surface area contributed by atoms with Gasteiger partial charge in [-0.1, -0.05) is 0 Å². The number of rotatable bonds is 9. The van der Waals surface area contributed by atoms with Gasteiger partial charge in [-0.2, -0.15) is 0 Å². The van der Waals surface area contributed by atoms with Crippen molar-refractivity contribution < 1.29 is 27.4 Å². The Morgan fingerprint density at radius 3 is 2.62 bits per heavy atom. The van der Waals surface area contributed by atoms with Gasteiger partial charge in [0.1, 0.15) is 28.1 Å². The minimum atomic E-state index is -1.70. The van der Waals surface area contributed by atoms with Crippen LogP contribution in [0.2, 0.25) is 0 Å². The van der Waals surface area contributed by atoms with Crippen LogP contribution in [-0.2, 0) is 9.15 Å². The molecule has 0 aliphatic heterocycles. The van der Waals surface area contributed by atoms with Crippen molar-refractivity contribution in [1.82, 2.24) is 9.97 Å². The molecule has 0 saturated heterocycles. The van der Waals surface area contributed by atoms with Crippen LogP contribution in [0.25, 0.3) is 23.1 Å². The van der Waals surface area contributed by atoms with E-state index in [1.807, 2.05) is 0 Å². The fraction of sp³-hybridized carbons (Fsp3) is 0.0476. The molecule has 174 valence electrons. The summed E-state index contributed by atoms with van der Waals surface area (Å²) in [5.74, 6) is 5.66. The second kappa shape index (κ2) is 10.3. The molecule has 2 heterocycles. The van der Waals surface area contributed by atoms with E-state index >= 15 is 0 Å². The maximum atomic E-state index is 13.8. The lowest BCUT2D eigenvalue weighted by Gasteiger charge is -2.13. The van der Waals surface area contributed by atoms with Gasteiger partial charge < -0.3 is 18.8 Å². The molecule has 0 aliphatic rings. The van der Waals surface area contributed by atoms with Crippen molar-refractivity contribution in [3.05, 3.63) is 82.1 Å². The standard InChI is InChI=1S/C21H17FN5O6P/c1-30-34(33-23)32-16-5-3-14(4-6-16)24-21-17-9-2-13(22)12-18(17)25-19(26-21)10-7-15-8-11-20(31-15)27(28)29/h2-12H,23H2,1H3,(H,24,25,26)/b10-7+. The minimum absolute atomic E-state index is 0.241. The Hall–Kier alpha value is -3.96. The molecule has 0 aliphatic carbocycles. The molecule has 0 fully saturated rings. The number of nitrogens with zero attached hydrogens (tertiary/aromatic N) is 3. The van der Waals surface area contributed by atoms with Crippen molar-refractivity contribution in [2.24, 2.45) is 5.90 Å². The van der Waals surface area contributed by atoms with Crippen LogP contribution in [0.15, 0.2) is 59.0 Å². The molecular weight excluding hydrogens is 468 g/mol. The second-order valence-electron chi connectivity index (χ2n) is 6.61. The maximum Gasteiger partial charge on any atom is 0.433 e. The normalized spacial score (nSPS) is 12.2. The number of hydrogen-bond acceptors (Lipinski definition) is 10. The highest BCUT2D eigenvalue weighted by molar-refractivity contribution is 7.42. The van der Waals surface area contributed by atoms with Crippen LogP contribution in [-0.4, -0.2) is 22.0 Å². The van der Waals surface area contributed by atoms with E-state index < -0.39 is 19.3 Å². The lowest BCUT2D eigenvalue weighted by molar-refractivity contribution is -0.402. The van der Waals surface area contributed by atoms with Gasteiger partial charge >= 0.3 is 14.5 Å². The van der Waals surface area contributed by atoms with E-state index in [9.17, 15) is 14.5 Å². The van der Waals surface area contributed by atoms with E-state index in [2.05, 4.69) is 19.9 Å². The van der Waals surface area contributed by atoms with Crippen LogP contribution in [0, 0.1) is 15.9 Å². The molecule has 1 unspecified atom stereocenters. The molecule has 2 aromatic carbocycles. The Bertz CT molecular complexity index is 1340. The predicted molar refractivity (Wildman–Crippen MR) is 123 cm³/mol. The van der Waals surface area contributed by atoms with Gasteiger partial charge in [0.15, 0.2) is 5.82 Å². The summed E-state index contributed by atoms with van der Waals surface area (Å²) in [6, 6.07) is 13.7. The molecule has 0 bridgehead atoms. The van der Waals surface area contributed by atoms with E-state index in [0.717, 1.165) is 0 Å². The number of fused-ring (bicyclic) bond motifs is 1.